The molecule has 1 aliphatic rings. The van der Waals surface area contributed by atoms with Crippen molar-refractivity contribution in [1.82, 2.24) is 0 Å². The van der Waals surface area contributed by atoms with Crippen LogP contribution in [-0.4, -0.2) is 11.2 Å². The van der Waals surface area contributed by atoms with Gasteiger partial charge in [0.2, 0.25) is 0 Å². The quantitative estimate of drug-likeness (QED) is 0.592. The molecule has 4 atom stereocenters. The topological polar surface area (TPSA) is 20.2 Å². The summed E-state index contributed by atoms with van der Waals surface area (Å²) in [6.07, 6.45) is 4.82. The van der Waals surface area contributed by atoms with Crippen LogP contribution in [-0.2, 0) is 0 Å². The van der Waals surface area contributed by atoms with Crippen molar-refractivity contribution in [3.05, 3.63) is 0 Å². The first-order chi connectivity index (χ1) is 5.63. The van der Waals surface area contributed by atoms with Gasteiger partial charge in [-0.15, -0.1) is 0 Å². The smallest absolute Gasteiger partial charge is 0.0568 e. The second kappa shape index (κ2) is 4.27. The predicted molar refractivity (Wildman–Crippen MR) is 52.0 cm³/mol. The summed E-state index contributed by atoms with van der Waals surface area (Å²) in [5, 5.41) is 9.77. The van der Waals surface area contributed by atoms with Gasteiger partial charge in [0, 0.05) is 0 Å². The van der Waals surface area contributed by atoms with Gasteiger partial charge in [-0.05, 0) is 24.2 Å². The molecule has 1 N–H and O–H groups in total. The minimum atomic E-state index is -0.0530. The second-order valence-corrected chi connectivity index (χ2v) is 4.55. The Hall–Kier alpha value is -0.0400. The molecular formula is C11H22O. The van der Waals surface area contributed by atoms with Crippen molar-refractivity contribution >= 4 is 0 Å². The van der Waals surface area contributed by atoms with Crippen LogP contribution in [0.5, 0.6) is 0 Å². The van der Waals surface area contributed by atoms with Crippen LogP contribution in [0.4, 0.5) is 0 Å². The van der Waals surface area contributed by atoms with Crippen LogP contribution in [0.15, 0.2) is 0 Å². The zero-order valence-electron chi connectivity index (χ0n) is 8.59. The molecule has 0 bridgehead atoms. The van der Waals surface area contributed by atoms with Crippen molar-refractivity contribution in [3.63, 3.8) is 0 Å². The molecule has 0 spiro atoms. The third-order valence-electron chi connectivity index (χ3n) is 3.74. The maximum Gasteiger partial charge on any atom is 0.0568 e. The van der Waals surface area contributed by atoms with Crippen LogP contribution in [0, 0.1) is 17.8 Å². The molecule has 0 radical (unpaired) electrons. The standard InChI is InChI=1S/C11H22O/c1-8-6-4-5-7-11(12)10(3)9(8)2/h8-12H,4-7H2,1-3H3. The molecule has 1 nitrogen and oxygen atoms in total. The maximum atomic E-state index is 9.77. The van der Waals surface area contributed by atoms with E-state index in [1.54, 1.807) is 0 Å². The van der Waals surface area contributed by atoms with Crippen molar-refractivity contribution in [2.24, 2.45) is 17.8 Å². The summed E-state index contributed by atoms with van der Waals surface area (Å²) in [5.41, 5.74) is 0. The van der Waals surface area contributed by atoms with Gasteiger partial charge in [-0.1, -0.05) is 40.0 Å². The van der Waals surface area contributed by atoms with Crippen LogP contribution >= 0.6 is 0 Å². The number of rotatable bonds is 0. The summed E-state index contributed by atoms with van der Waals surface area (Å²) in [6, 6.07) is 0. The number of aliphatic hydroxyl groups excluding tert-OH is 1. The minimum Gasteiger partial charge on any atom is -0.393 e. The summed E-state index contributed by atoms with van der Waals surface area (Å²) in [6.45, 7) is 6.79. The Morgan fingerprint density at radius 3 is 2.17 bits per heavy atom. The Morgan fingerprint density at radius 2 is 1.50 bits per heavy atom. The van der Waals surface area contributed by atoms with Crippen LogP contribution in [0.3, 0.4) is 0 Å². The molecule has 1 rings (SSSR count). The lowest BCUT2D eigenvalue weighted by molar-refractivity contribution is 0.0494. The van der Waals surface area contributed by atoms with Crippen molar-refractivity contribution in [2.45, 2.75) is 52.6 Å². The van der Waals surface area contributed by atoms with Gasteiger partial charge in [0.25, 0.3) is 0 Å². The molecule has 0 aromatic carbocycles. The molecule has 0 aromatic rings. The summed E-state index contributed by atoms with van der Waals surface area (Å²) < 4.78 is 0. The summed E-state index contributed by atoms with van der Waals surface area (Å²) in [7, 11) is 0. The number of aliphatic hydroxyl groups is 1. The van der Waals surface area contributed by atoms with E-state index >= 15 is 0 Å². The molecular weight excluding hydrogens is 148 g/mol. The lowest BCUT2D eigenvalue weighted by Gasteiger charge is -2.32. The molecule has 1 fully saturated rings. The van der Waals surface area contributed by atoms with E-state index in [4.69, 9.17) is 0 Å². The average Bonchev–Trinajstić information content (AvgIpc) is 2.07. The first kappa shape index (κ1) is 10.0. The van der Waals surface area contributed by atoms with E-state index in [-0.39, 0.29) is 6.10 Å². The van der Waals surface area contributed by atoms with Gasteiger partial charge < -0.3 is 5.11 Å². The lowest BCUT2D eigenvalue weighted by Crippen LogP contribution is -2.29. The Balaban J connectivity index is 2.55. The van der Waals surface area contributed by atoms with Crippen LogP contribution in [0.1, 0.15) is 46.5 Å². The zero-order valence-corrected chi connectivity index (χ0v) is 8.59. The molecule has 0 aromatic heterocycles. The highest BCUT2D eigenvalue weighted by Gasteiger charge is 2.26. The summed E-state index contributed by atoms with van der Waals surface area (Å²) in [4.78, 5) is 0. The Labute approximate surface area is 76.2 Å². The van der Waals surface area contributed by atoms with E-state index in [2.05, 4.69) is 20.8 Å². The third-order valence-corrected chi connectivity index (χ3v) is 3.74. The van der Waals surface area contributed by atoms with Gasteiger partial charge in [0.1, 0.15) is 0 Å². The van der Waals surface area contributed by atoms with Crippen molar-refractivity contribution in [3.8, 4) is 0 Å². The van der Waals surface area contributed by atoms with Crippen LogP contribution in [0.25, 0.3) is 0 Å². The highest BCUT2D eigenvalue weighted by atomic mass is 16.3. The average molecular weight is 170 g/mol. The van der Waals surface area contributed by atoms with Gasteiger partial charge in [0.15, 0.2) is 0 Å². The molecule has 0 heterocycles. The number of hydrogen-bond acceptors (Lipinski definition) is 1. The number of hydrogen-bond donors (Lipinski definition) is 1. The second-order valence-electron chi connectivity index (χ2n) is 4.55. The van der Waals surface area contributed by atoms with E-state index in [1.807, 2.05) is 0 Å². The molecule has 0 aliphatic heterocycles. The fourth-order valence-corrected chi connectivity index (χ4v) is 2.21. The van der Waals surface area contributed by atoms with E-state index < -0.39 is 0 Å². The highest BCUT2D eigenvalue weighted by Crippen LogP contribution is 2.31. The molecule has 1 heteroatoms. The predicted octanol–water partition coefficient (Wildman–Crippen LogP) is 2.83. The SMILES string of the molecule is CC1CCCCC(O)C(C)C1C. The van der Waals surface area contributed by atoms with Gasteiger partial charge in [0.05, 0.1) is 6.10 Å². The van der Waals surface area contributed by atoms with Crippen molar-refractivity contribution in [2.75, 3.05) is 0 Å². The Kier molecular flexibility index (Phi) is 3.57. The summed E-state index contributed by atoms with van der Waals surface area (Å²) >= 11 is 0. The van der Waals surface area contributed by atoms with E-state index in [0.29, 0.717) is 11.8 Å². The summed E-state index contributed by atoms with van der Waals surface area (Å²) in [5.74, 6) is 1.95. The third kappa shape index (κ3) is 2.22. The van der Waals surface area contributed by atoms with E-state index in [1.165, 1.54) is 19.3 Å². The van der Waals surface area contributed by atoms with Crippen molar-refractivity contribution < 1.29 is 5.11 Å². The van der Waals surface area contributed by atoms with E-state index in [0.717, 1.165) is 12.3 Å². The van der Waals surface area contributed by atoms with Crippen LogP contribution < -0.4 is 0 Å². The Morgan fingerprint density at radius 1 is 0.917 bits per heavy atom. The highest BCUT2D eigenvalue weighted by molar-refractivity contribution is 4.76. The van der Waals surface area contributed by atoms with Gasteiger partial charge in [-0.25, -0.2) is 0 Å². The molecule has 1 saturated carbocycles. The normalized spacial score (nSPS) is 45.0. The maximum absolute atomic E-state index is 9.77. The van der Waals surface area contributed by atoms with E-state index in [9.17, 15) is 5.11 Å². The molecule has 12 heavy (non-hydrogen) atoms. The first-order valence-electron chi connectivity index (χ1n) is 5.31. The minimum absolute atomic E-state index is 0.0530. The molecule has 0 saturated heterocycles. The fraction of sp³-hybridized carbons (Fsp3) is 1.00. The van der Waals surface area contributed by atoms with Gasteiger partial charge >= 0.3 is 0 Å². The molecule has 72 valence electrons. The molecule has 0 amide bonds. The van der Waals surface area contributed by atoms with Gasteiger partial charge in [-0.3, -0.25) is 0 Å². The van der Waals surface area contributed by atoms with Gasteiger partial charge in [-0.2, -0.15) is 0 Å². The zero-order chi connectivity index (χ0) is 9.14. The van der Waals surface area contributed by atoms with Crippen molar-refractivity contribution in [1.29, 1.82) is 0 Å². The molecule has 1 aliphatic carbocycles. The van der Waals surface area contributed by atoms with Crippen LogP contribution in [0.2, 0.25) is 0 Å². The molecule has 4 unspecified atom stereocenters. The Bertz CT molecular complexity index is 117. The lowest BCUT2D eigenvalue weighted by atomic mass is 9.76. The largest absolute Gasteiger partial charge is 0.393 e. The fourth-order valence-electron chi connectivity index (χ4n) is 2.21. The monoisotopic (exact) mass is 170 g/mol. The first-order valence-corrected chi connectivity index (χ1v) is 5.31.